The topological polar surface area (TPSA) is 122 Å². The Balaban J connectivity index is 1.28. The van der Waals surface area contributed by atoms with Crippen LogP contribution in [0.25, 0.3) is 11.1 Å². The first-order valence-electron chi connectivity index (χ1n) is 12.0. The monoisotopic (exact) mass is 535 g/mol. The van der Waals surface area contributed by atoms with Crippen LogP contribution in [0.4, 0.5) is 10.3 Å². The highest BCUT2D eigenvalue weighted by Gasteiger charge is 2.29. The third-order valence-corrected chi connectivity index (χ3v) is 7.10. The number of hydrogen-bond donors (Lipinski definition) is 3. The molecule has 1 saturated heterocycles. The fraction of sp³-hybridized carbons (Fsp3) is 0.269. The zero-order chi connectivity index (χ0) is 26.9. The van der Waals surface area contributed by atoms with Crippen molar-refractivity contribution in [3.05, 3.63) is 82.9 Å². The highest BCUT2D eigenvalue weighted by atomic mass is 35.5. The van der Waals surface area contributed by atoms with Crippen LogP contribution in [0.3, 0.4) is 0 Å². The molecule has 0 aliphatic carbocycles. The number of aliphatic imine (C=N–C) groups is 1. The van der Waals surface area contributed by atoms with Gasteiger partial charge in [0.05, 0.1) is 11.2 Å². The third-order valence-electron chi connectivity index (χ3n) is 6.71. The number of aliphatic hydroxyl groups is 1. The van der Waals surface area contributed by atoms with Crippen LogP contribution in [-0.2, 0) is 12.6 Å². The molecule has 0 saturated carbocycles. The van der Waals surface area contributed by atoms with Crippen LogP contribution in [0.15, 0.2) is 60.2 Å². The van der Waals surface area contributed by atoms with E-state index in [2.05, 4.69) is 29.9 Å². The maximum atomic E-state index is 13.3. The highest BCUT2D eigenvalue weighted by Crippen LogP contribution is 2.32. The van der Waals surface area contributed by atoms with Crippen LogP contribution in [-0.4, -0.2) is 73.1 Å². The van der Waals surface area contributed by atoms with Crippen molar-refractivity contribution in [1.29, 1.82) is 5.41 Å². The lowest BCUT2D eigenvalue weighted by molar-refractivity contribution is 0.101. The lowest BCUT2D eigenvalue weighted by atomic mass is 9.90. The zero-order valence-corrected chi connectivity index (χ0v) is 21.7. The molecule has 4 heterocycles. The number of anilines is 1. The predicted octanol–water partition coefficient (Wildman–Crippen LogP) is 3.43. The Labute approximate surface area is 224 Å². The fourth-order valence-corrected chi connectivity index (χ4v) is 4.80. The van der Waals surface area contributed by atoms with Crippen molar-refractivity contribution in [2.75, 3.05) is 31.1 Å². The largest absolute Gasteiger partial charge is 0.381 e. The molecule has 3 aromatic heterocycles. The van der Waals surface area contributed by atoms with Crippen LogP contribution >= 0.6 is 11.6 Å². The molecule has 12 heteroatoms. The molecule has 38 heavy (non-hydrogen) atoms. The molecule has 0 radical (unpaired) electrons. The van der Waals surface area contributed by atoms with Gasteiger partial charge in [0.25, 0.3) is 0 Å². The molecule has 3 N–H and O–H groups in total. The number of H-pyrrole nitrogens is 1. The van der Waals surface area contributed by atoms with E-state index in [1.54, 1.807) is 42.3 Å². The fourth-order valence-electron chi connectivity index (χ4n) is 4.50. The number of halogens is 2. The summed E-state index contributed by atoms with van der Waals surface area (Å²) in [4.78, 5) is 20.6. The van der Waals surface area contributed by atoms with Crippen molar-refractivity contribution in [1.82, 2.24) is 29.6 Å². The van der Waals surface area contributed by atoms with Gasteiger partial charge in [-0.05, 0) is 24.6 Å². The Morgan fingerprint density at radius 3 is 2.42 bits per heavy atom. The van der Waals surface area contributed by atoms with Crippen LogP contribution in [0.1, 0.15) is 23.7 Å². The molecule has 0 bridgehead atoms. The summed E-state index contributed by atoms with van der Waals surface area (Å²) >= 11 is 6.73. The van der Waals surface area contributed by atoms with Crippen molar-refractivity contribution in [2.24, 2.45) is 12.0 Å². The number of amidine groups is 1. The maximum Gasteiger partial charge on any atom is 0.225 e. The summed E-state index contributed by atoms with van der Waals surface area (Å²) in [5, 5.41) is 23.3. The van der Waals surface area contributed by atoms with Gasteiger partial charge in [0.2, 0.25) is 5.95 Å². The number of hydrogen-bond acceptors (Lipinski definition) is 6. The number of nitrogens with zero attached hydrogens (tertiary/aromatic N) is 7. The minimum absolute atomic E-state index is 0.364. The molecule has 1 aromatic carbocycles. The highest BCUT2D eigenvalue weighted by molar-refractivity contribution is 6.36. The number of piperazine rings is 1. The lowest BCUT2D eigenvalue weighted by Crippen LogP contribution is -2.49. The van der Waals surface area contributed by atoms with Crippen LogP contribution in [0.2, 0.25) is 5.02 Å². The summed E-state index contributed by atoms with van der Waals surface area (Å²) in [5.74, 6) is 0.772. The van der Waals surface area contributed by atoms with Gasteiger partial charge in [0.15, 0.2) is 5.84 Å². The molecule has 0 amide bonds. The lowest BCUT2D eigenvalue weighted by Gasteiger charge is -2.36. The van der Waals surface area contributed by atoms with E-state index >= 15 is 0 Å². The van der Waals surface area contributed by atoms with Gasteiger partial charge < -0.3 is 19.9 Å². The van der Waals surface area contributed by atoms with E-state index in [1.807, 2.05) is 24.3 Å². The molecule has 1 atom stereocenters. The molecule has 5 rings (SSSR count). The third kappa shape index (κ3) is 4.90. The quantitative estimate of drug-likeness (QED) is 0.257. The summed E-state index contributed by atoms with van der Waals surface area (Å²) in [6, 6.07) is 5.72. The van der Waals surface area contributed by atoms with Crippen molar-refractivity contribution in [3.63, 3.8) is 0 Å². The van der Waals surface area contributed by atoms with Crippen molar-refractivity contribution in [3.8, 4) is 11.1 Å². The van der Waals surface area contributed by atoms with Crippen LogP contribution in [0, 0.1) is 11.2 Å². The van der Waals surface area contributed by atoms with E-state index in [4.69, 9.17) is 17.0 Å². The van der Waals surface area contributed by atoms with Crippen molar-refractivity contribution >= 4 is 29.7 Å². The Morgan fingerprint density at radius 1 is 1.13 bits per heavy atom. The molecule has 0 spiro atoms. The van der Waals surface area contributed by atoms with Gasteiger partial charge in [-0.3, -0.25) is 10.1 Å². The first-order valence-corrected chi connectivity index (χ1v) is 12.4. The molecule has 196 valence electrons. The Morgan fingerprint density at radius 2 is 1.82 bits per heavy atom. The minimum Gasteiger partial charge on any atom is -0.381 e. The molecule has 4 aromatic rings. The second-order valence-electron chi connectivity index (χ2n) is 9.20. The van der Waals surface area contributed by atoms with E-state index in [9.17, 15) is 9.50 Å². The normalized spacial score (nSPS) is 16.0. The van der Waals surface area contributed by atoms with Gasteiger partial charge in [-0.25, -0.2) is 19.4 Å². The summed E-state index contributed by atoms with van der Waals surface area (Å²) in [6.07, 6.45) is 9.65. The Hall–Kier alpha value is -4.09. The molecular weight excluding hydrogens is 509 g/mol. The summed E-state index contributed by atoms with van der Waals surface area (Å²) in [7, 11) is 1.84. The van der Waals surface area contributed by atoms with Gasteiger partial charge in [0.1, 0.15) is 23.5 Å². The van der Waals surface area contributed by atoms with Gasteiger partial charge in [-0.1, -0.05) is 23.7 Å². The molecule has 10 nitrogen and oxygen atoms in total. The average molecular weight is 536 g/mol. The smallest absolute Gasteiger partial charge is 0.225 e. The van der Waals surface area contributed by atoms with Gasteiger partial charge in [-0.2, -0.15) is 5.10 Å². The van der Waals surface area contributed by atoms with E-state index in [-0.39, 0.29) is 5.82 Å². The molecular formula is C26H27ClFN9O. The number of rotatable bonds is 6. The molecule has 1 fully saturated rings. The van der Waals surface area contributed by atoms with Crippen LogP contribution < -0.4 is 4.90 Å². The second-order valence-corrected chi connectivity index (χ2v) is 9.58. The Kier molecular flexibility index (Phi) is 6.96. The zero-order valence-electron chi connectivity index (χ0n) is 20.9. The minimum atomic E-state index is -1.35. The first kappa shape index (κ1) is 25.6. The van der Waals surface area contributed by atoms with Gasteiger partial charge >= 0.3 is 0 Å². The van der Waals surface area contributed by atoms with E-state index in [0.29, 0.717) is 59.8 Å². The molecule has 1 aliphatic rings. The van der Waals surface area contributed by atoms with E-state index in [1.165, 1.54) is 12.1 Å². The summed E-state index contributed by atoms with van der Waals surface area (Å²) in [6.45, 7) is 4.11. The Bertz CT molecular complexity index is 1450. The standard InChI is InChI=1S/C26H27ClFN9O/c1-26(38,18-3-5-20(28)6-4-18)19-12-31-25(32-13-19)37-9-7-36(8-10-37)24(33-16-29)23-22(27)21(14-30-23)17-11-34-35(2)15-17/h3-6,11-16,29-30,38H,7-10H2,1-2H3/b29-16?,33-24+/t26-/m1/s1. The van der Waals surface area contributed by atoms with Gasteiger partial charge in [0, 0.05) is 74.7 Å². The number of aromatic amines is 1. The van der Waals surface area contributed by atoms with Gasteiger partial charge in [-0.15, -0.1) is 0 Å². The first-order chi connectivity index (χ1) is 18.3. The average Bonchev–Trinajstić information content (AvgIpc) is 3.52. The van der Waals surface area contributed by atoms with E-state index < -0.39 is 5.60 Å². The maximum absolute atomic E-state index is 13.3. The number of benzene rings is 1. The molecule has 0 unspecified atom stereocenters. The van der Waals surface area contributed by atoms with Crippen molar-refractivity contribution < 1.29 is 9.50 Å². The molecule has 1 aliphatic heterocycles. The summed E-state index contributed by atoms with van der Waals surface area (Å²) in [5.41, 5.74) is 2.06. The second kappa shape index (κ2) is 10.3. The SMILES string of the molecule is Cn1cc(-c2c[nH]c(/C(=N\C=N)N3CCN(c4ncc([C@](C)(O)c5ccc(F)cc5)cn4)CC3)c2Cl)cn1. The predicted molar refractivity (Wildman–Crippen MR) is 144 cm³/mol. The van der Waals surface area contributed by atoms with E-state index in [0.717, 1.165) is 17.5 Å². The number of aryl methyl sites for hydroxylation is 1. The summed E-state index contributed by atoms with van der Waals surface area (Å²) < 4.78 is 15.0. The number of aromatic nitrogens is 5. The van der Waals surface area contributed by atoms with Crippen molar-refractivity contribution in [2.45, 2.75) is 12.5 Å². The van der Waals surface area contributed by atoms with Crippen LogP contribution in [0.5, 0.6) is 0 Å². The number of nitrogens with one attached hydrogen (secondary N) is 2.